The normalized spacial score (nSPS) is 22.9. The average Bonchev–Trinajstić information content (AvgIpc) is 3.22. The lowest BCUT2D eigenvalue weighted by molar-refractivity contribution is -0.137. The summed E-state index contributed by atoms with van der Waals surface area (Å²) >= 11 is 0. The van der Waals surface area contributed by atoms with Gasteiger partial charge in [0.05, 0.1) is 7.11 Å². The fourth-order valence-corrected chi connectivity index (χ4v) is 4.17. The molecule has 3 rings (SSSR count). The summed E-state index contributed by atoms with van der Waals surface area (Å²) in [6, 6.07) is 7.90. The van der Waals surface area contributed by atoms with Gasteiger partial charge in [0.1, 0.15) is 5.75 Å². The van der Waals surface area contributed by atoms with E-state index in [2.05, 4.69) is 5.32 Å². The van der Waals surface area contributed by atoms with E-state index in [-0.39, 0.29) is 17.7 Å². The predicted molar refractivity (Wildman–Crippen MR) is 101 cm³/mol. The average molecular weight is 358 g/mol. The molecule has 1 aliphatic heterocycles. The second-order valence-corrected chi connectivity index (χ2v) is 7.43. The third-order valence-corrected chi connectivity index (χ3v) is 5.75. The molecule has 1 heterocycles. The molecule has 142 valence electrons. The molecule has 0 atom stereocenters. The largest absolute Gasteiger partial charge is 0.496 e. The van der Waals surface area contributed by atoms with Crippen molar-refractivity contribution < 1.29 is 14.3 Å². The zero-order chi connectivity index (χ0) is 18.4. The number of amides is 2. The maximum Gasteiger partial charge on any atom is 0.225 e. The van der Waals surface area contributed by atoms with Crippen LogP contribution in [0.25, 0.3) is 0 Å². The standard InChI is InChI=1S/C21H30N2O3/c1-26-19-7-3-2-6-16(19)12-13-22-20(24)17-8-10-18(11-9-17)21(25)23-14-4-5-15-23/h2-3,6-7,17-18H,4-5,8-15H2,1H3,(H,22,24). The number of nitrogens with zero attached hydrogens (tertiary/aromatic N) is 1. The molecular weight excluding hydrogens is 328 g/mol. The van der Waals surface area contributed by atoms with Gasteiger partial charge in [-0.15, -0.1) is 0 Å². The first-order valence-corrected chi connectivity index (χ1v) is 9.87. The predicted octanol–water partition coefficient (Wildman–Crippen LogP) is 2.78. The maximum absolute atomic E-state index is 12.5. The number of nitrogens with one attached hydrogen (secondary N) is 1. The molecule has 1 saturated heterocycles. The molecule has 1 N–H and O–H groups in total. The van der Waals surface area contributed by atoms with E-state index in [9.17, 15) is 9.59 Å². The molecule has 26 heavy (non-hydrogen) atoms. The Morgan fingerprint density at radius 3 is 2.42 bits per heavy atom. The van der Waals surface area contributed by atoms with E-state index in [1.165, 1.54) is 0 Å². The van der Waals surface area contributed by atoms with Crippen molar-refractivity contribution >= 4 is 11.8 Å². The van der Waals surface area contributed by atoms with Gasteiger partial charge in [0, 0.05) is 31.5 Å². The smallest absolute Gasteiger partial charge is 0.225 e. The highest BCUT2D eigenvalue weighted by molar-refractivity contribution is 5.81. The lowest BCUT2D eigenvalue weighted by Crippen LogP contribution is -2.39. The minimum atomic E-state index is 0.0512. The molecule has 5 heteroatoms. The number of carbonyl (C=O) groups excluding carboxylic acids is 2. The third-order valence-electron chi connectivity index (χ3n) is 5.75. The van der Waals surface area contributed by atoms with E-state index < -0.39 is 0 Å². The van der Waals surface area contributed by atoms with Gasteiger partial charge in [-0.2, -0.15) is 0 Å². The van der Waals surface area contributed by atoms with Crippen LogP contribution in [0.3, 0.4) is 0 Å². The van der Waals surface area contributed by atoms with E-state index in [4.69, 9.17) is 4.74 Å². The molecule has 2 amide bonds. The van der Waals surface area contributed by atoms with Crippen LogP contribution in [0, 0.1) is 11.8 Å². The van der Waals surface area contributed by atoms with E-state index >= 15 is 0 Å². The number of benzene rings is 1. The Bertz CT molecular complexity index is 617. The number of likely N-dealkylation sites (tertiary alicyclic amines) is 1. The van der Waals surface area contributed by atoms with E-state index in [0.29, 0.717) is 12.5 Å². The van der Waals surface area contributed by atoms with Crippen molar-refractivity contribution in [1.29, 1.82) is 0 Å². The summed E-state index contributed by atoms with van der Waals surface area (Å²) in [5.74, 6) is 1.49. The van der Waals surface area contributed by atoms with Crippen molar-refractivity contribution in [2.45, 2.75) is 44.9 Å². The highest BCUT2D eigenvalue weighted by atomic mass is 16.5. The van der Waals surface area contributed by atoms with Crippen LogP contribution in [0.2, 0.25) is 0 Å². The molecule has 0 spiro atoms. The Morgan fingerprint density at radius 2 is 1.73 bits per heavy atom. The molecule has 0 radical (unpaired) electrons. The highest BCUT2D eigenvalue weighted by Gasteiger charge is 2.32. The Kier molecular flexibility index (Phi) is 6.53. The number of hydrogen-bond acceptors (Lipinski definition) is 3. The molecule has 0 unspecified atom stereocenters. The molecule has 5 nitrogen and oxygen atoms in total. The fraction of sp³-hybridized carbons (Fsp3) is 0.619. The molecule has 1 aromatic carbocycles. The molecule has 1 aromatic rings. The Morgan fingerprint density at radius 1 is 1.08 bits per heavy atom. The van der Waals surface area contributed by atoms with Crippen LogP contribution in [0.4, 0.5) is 0 Å². The van der Waals surface area contributed by atoms with Gasteiger partial charge >= 0.3 is 0 Å². The third kappa shape index (κ3) is 4.57. The molecular formula is C21H30N2O3. The van der Waals surface area contributed by atoms with Crippen molar-refractivity contribution in [1.82, 2.24) is 10.2 Å². The van der Waals surface area contributed by atoms with Gasteiger partial charge in [0.15, 0.2) is 0 Å². The Hall–Kier alpha value is -2.04. The van der Waals surface area contributed by atoms with Gasteiger partial charge in [-0.05, 0) is 56.6 Å². The SMILES string of the molecule is COc1ccccc1CCNC(=O)C1CCC(C(=O)N2CCCC2)CC1. The van der Waals surface area contributed by atoms with Gasteiger partial charge < -0.3 is 15.0 Å². The molecule has 2 fully saturated rings. The van der Waals surface area contributed by atoms with Crippen LogP contribution in [0.15, 0.2) is 24.3 Å². The summed E-state index contributed by atoms with van der Waals surface area (Å²) in [5.41, 5.74) is 1.11. The van der Waals surface area contributed by atoms with Crippen LogP contribution in [-0.2, 0) is 16.0 Å². The van der Waals surface area contributed by atoms with E-state index in [0.717, 1.165) is 69.3 Å². The topological polar surface area (TPSA) is 58.6 Å². The fourth-order valence-electron chi connectivity index (χ4n) is 4.17. The van der Waals surface area contributed by atoms with Crippen LogP contribution < -0.4 is 10.1 Å². The summed E-state index contributed by atoms with van der Waals surface area (Å²) in [7, 11) is 1.67. The van der Waals surface area contributed by atoms with Gasteiger partial charge in [0.25, 0.3) is 0 Å². The minimum Gasteiger partial charge on any atom is -0.496 e. The zero-order valence-corrected chi connectivity index (χ0v) is 15.7. The van der Waals surface area contributed by atoms with Gasteiger partial charge in [-0.25, -0.2) is 0 Å². The molecule has 0 bridgehead atoms. The second kappa shape index (κ2) is 9.06. The van der Waals surface area contributed by atoms with Crippen LogP contribution in [0.5, 0.6) is 5.75 Å². The van der Waals surface area contributed by atoms with Crippen molar-refractivity contribution in [2.75, 3.05) is 26.7 Å². The van der Waals surface area contributed by atoms with Gasteiger partial charge in [-0.1, -0.05) is 18.2 Å². The first-order valence-electron chi connectivity index (χ1n) is 9.87. The number of hydrogen-bond donors (Lipinski definition) is 1. The maximum atomic E-state index is 12.5. The van der Waals surface area contributed by atoms with Crippen molar-refractivity contribution in [3.05, 3.63) is 29.8 Å². The summed E-state index contributed by atoms with van der Waals surface area (Å²) in [6.45, 7) is 2.45. The van der Waals surface area contributed by atoms with Crippen molar-refractivity contribution in [3.63, 3.8) is 0 Å². The first kappa shape index (κ1) is 18.7. The summed E-state index contributed by atoms with van der Waals surface area (Å²) in [5, 5.41) is 3.06. The number of ether oxygens (including phenoxy) is 1. The number of rotatable bonds is 6. The van der Waals surface area contributed by atoms with Crippen molar-refractivity contribution in [3.8, 4) is 5.75 Å². The summed E-state index contributed by atoms with van der Waals surface area (Å²) < 4.78 is 5.35. The molecule has 0 aromatic heterocycles. The Balaban J connectivity index is 1.40. The molecule has 1 saturated carbocycles. The molecule has 1 aliphatic carbocycles. The van der Waals surface area contributed by atoms with Crippen LogP contribution in [0.1, 0.15) is 44.1 Å². The number of para-hydroxylation sites is 1. The Labute approximate surface area is 156 Å². The monoisotopic (exact) mass is 358 g/mol. The summed E-state index contributed by atoms with van der Waals surface area (Å²) in [4.78, 5) is 26.9. The quantitative estimate of drug-likeness (QED) is 0.851. The number of carbonyl (C=O) groups is 2. The lowest BCUT2D eigenvalue weighted by Gasteiger charge is -2.29. The molecule has 2 aliphatic rings. The second-order valence-electron chi connectivity index (χ2n) is 7.43. The van der Waals surface area contributed by atoms with E-state index in [1.54, 1.807) is 7.11 Å². The minimum absolute atomic E-state index is 0.0512. The highest BCUT2D eigenvalue weighted by Crippen LogP contribution is 2.31. The first-order chi connectivity index (χ1) is 12.7. The van der Waals surface area contributed by atoms with Gasteiger partial charge in [-0.3, -0.25) is 9.59 Å². The number of methoxy groups -OCH3 is 1. The van der Waals surface area contributed by atoms with Crippen LogP contribution >= 0.6 is 0 Å². The van der Waals surface area contributed by atoms with Crippen LogP contribution in [-0.4, -0.2) is 43.5 Å². The van der Waals surface area contributed by atoms with E-state index in [1.807, 2.05) is 29.2 Å². The van der Waals surface area contributed by atoms with Gasteiger partial charge in [0.2, 0.25) is 11.8 Å². The summed E-state index contributed by atoms with van der Waals surface area (Å²) in [6.07, 6.45) is 6.37. The van der Waals surface area contributed by atoms with Crippen molar-refractivity contribution in [2.24, 2.45) is 11.8 Å². The zero-order valence-electron chi connectivity index (χ0n) is 15.7. The lowest BCUT2D eigenvalue weighted by atomic mass is 9.81.